The Morgan fingerprint density at radius 3 is 2.70 bits per heavy atom. The summed E-state index contributed by atoms with van der Waals surface area (Å²) >= 11 is 0. The van der Waals surface area contributed by atoms with Crippen molar-refractivity contribution in [3.63, 3.8) is 0 Å². The van der Waals surface area contributed by atoms with Crippen LogP contribution >= 0.6 is 0 Å². The van der Waals surface area contributed by atoms with Gasteiger partial charge in [0.2, 0.25) is 0 Å². The summed E-state index contributed by atoms with van der Waals surface area (Å²) < 4.78 is 10.4. The Bertz CT molecular complexity index is 488. The van der Waals surface area contributed by atoms with E-state index >= 15 is 0 Å². The number of hydrogen-bond acceptors (Lipinski definition) is 5. The molecule has 1 atom stereocenters. The van der Waals surface area contributed by atoms with E-state index in [-0.39, 0.29) is 6.61 Å². The van der Waals surface area contributed by atoms with Crippen molar-refractivity contribution >= 4 is 17.5 Å². The molecule has 2 fully saturated rings. The Balaban J connectivity index is 1.78. The Kier molecular flexibility index (Phi) is 3.75. The van der Waals surface area contributed by atoms with Gasteiger partial charge in [0, 0.05) is 24.5 Å². The van der Waals surface area contributed by atoms with Crippen LogP contribution in [0.25, 0.3) is 0 Å². The number of carbonyl (C=O) groups excluding carboxylic acids is 1. The fourth-order valence-corrected chi connectivity index (χ4v) is 2.51. The number of anilines is 2. The molecule has 2 saturated heterocycles. The molecule has 1 aromatic rings. The average molecular weight is 278 g/mol. The van der Waals surface area contributed by atoms with Crippen LogP contribution in [0, 0.1) is 0 Å². The second-order valence-electron chi connectivity index (χ2n) is 4.92. The number of carbonyl (C=O) groups is 1. The minimum absolute atomic E-state index is 0.147. The minimum atomic E-state index is -0.436. The first-order chi connectivity index (χ1) is 9.78. The first kappa shape index (κ1) is 13.2. The predicted molar refractivity (Wildman–Crippen MR) is 74.2 cm³/mol. The van der Waals surface area contributed by atoms with E-state index in [1.165, 1.54) is 0 Å². The number of hydrogen-bond donors (Lipinski definition) is 1. The Labute approximate surface area is 117 Å². The monoisotopic (exact) mass is 278 g/mol. The lowest BCUT2D eigenvalue weighted by atomic mass is 10.2. The Morgan fingerprint density at radius 2 is 2.00 bits per heavy atom. The topological polar surface area (TPSA) is 62.2 Å². The lowest BCUT2D eigenvalue weighted by Crippen LogP contribution is -2.36. The maximum Gasteiger partial charge on any atom is 0.414 e. The molecule has 0 spiro atoms. The molecular weight excluding hydrogens is 260 g/mol. The van der Waals surface area contributed by atoms with Crippen molar-refractivity contribution in [2.45, 2.75) is 6.10 Å². The molecule has 6 heteroatoms. The van der Waals surface area contributed by atoms with E-state index in [2.05, 4.69) is 4.90 Å². The molecule has 0 aliphatic carbocycles. The highest BCUT2D eigenvalue weighted by Gasteiger charge is 2.32. The highest BCUT2D eigenvalue weighted by molar-refractivity contribution is 5.90. The summed E-state index contributed by atoms with van der Waals surface area (Å²) in [5, 5.41) is 9.08. The van der Waals surface area contributed by atoms with E-state index in [0.29, 0.717) is 6.54 Å². The van der Waals surface area contributed by atoms with Crippen LogP contribution < -0.4 is 9.80 Å². The number of nitrogens with zero attached hydrogens (tertiary/aromatic N) is 2. The van der Waals surface area contributed by atoms with Gasteiger partial charge in [-0.1, -0.05) is 6.07 Å². The predicted octanol–water partition coefficient (Wildman–Crippen LogP) is 0.841. The second-order valence-corrected chi connectivity index (χ2v) is 4.92. The van der Waals surface area contributed by atoms with Gasteiger partial charge in [0.15, 0.2) is 0 Å². The van der Waals surface area contributed by atoms with Crippen molar-refractivity contribution in [3.8, 4) is 0 Å². The summed E-state index contributed by atoms with van der Waals surface area (Å²) in [6, 6.07) is 7.82. The fourth-order valence-electron chi connectivity index (χ4n) is 2.51. The molecule has 0 bridgehead atoms. The molecule has 0 unspecified atom stereocenters. The van der Waals surface area contributed by atoms with Gasteiger partial charge in [-0.25, -0.2) is 4.79 Å². The third-order valence-electron chi connectivity index (χ3n) is 3.60. The summed E-state index contributed by atoms with van der Waals surface area (Å²) in [5.74, 6) is 0. The third kappa shape index (κ3) is 2.57. The molecule has 2 heterocycles. The standard InChI is InChI=1S/C14H18N2O4/c17-10-13-9-16(14(18)20-13)12-3-1-2-11(8-12)15-4-6-19-7-5-15/h1-3,8,13,17H,4-7,9-10H2/t13-/m1/s1. The van der Waals surface area contributed by atoms with E-state index in [9.17, 15) is 4.79 Å². The fraction of sp³-hybridized carbons (Fsp3) is 0.500. The van der Waals surface area contributed by atoms with E-state index < -0.39 is 12.2 Å². The summed E-state index contributed by atoms with van der Waals surface area (Å²) in [5.41, 5.74) is 1.88. The van der Waals surface area contributed by atoms with Gasteiger partial charge in [-0.15, -0.1) is 0 Å². The first-order valence-electron chi connectivity index (χ1n) is 6.79. The molecule has 1 amide bonds. The lowest BCUT2D eigenvalue weighted by molar-refractivity contribution is 0.0963. The third-order valence-corrected chi connectivity index (χ3v) is 3.60. The largest absolute Gasteiger partial charge is 0.441 e. The molecule has 0 aromatic heterocycles. The molecule has 108 valence electrons. The maximum atomic E-state index is 11.8. The van der Waals surface area contributed by atoms with Crippen LogP contribution in [-0.2, 0) is 9.47 Å². The molecule has 2 aliphatic heterocycles. The zero-order chi connectivity index (χ0) is 13.9. The molecule has 20 heavy (non-hydrogen) atoms. The van der Waals surface area contributed by atoms with Gasteiger partial charge in [0.05, 0.1) is 26.4 Å². The molecular formula is C14H18N2O4. The van der Waals surface area contributed by atoms with Crippen LogP contribution in [0.15, 0.2) is 24.3 Å². The maximum absolute atomic E-state index is 11.8. The van der Waals surface area contributed by atoms with Gasteiger partial charge in [-0.05, 0) is 18.2 Å². The minimum Gasteiger partial charge on any atom is -0.441 e. The van der Waals surface area contributed by atoms with Gasteiger partial charge in [-0.2, -0.15) is 0 Å². The molecule has 2 aliphatic rings. The summed E-state index contributed by atoms with van der Waals surface area (Å²) in [7, 11) is 0. The number of morpholine rings is 1. The van der Waals surface area contributed by atoms with Gasteiger partial charge in [0.1, 0.15) is 6.10 Å². The van der Waals surface area contributed by atoms with Crippen molar-refractivity contribution in [1.29, 1.82) is 0 Å². The first-order valence-corrected chi connectivity index (χ1v) is 6.79. The van der Waals surface area contributed by atoms with Crippen molar-refractivity contribution < 1.29 is 19.4 Å². The number of rotatable bonds is 3. The molecule has 1 aromatic carbocycles. The average Bonchev–Trinajstić information content (AvgIpc) is 2.89. The number of cyclic esters (lactones) is 1. The van der Waals surface area contributed by atoms with Crippen LogP contribution in [0.1, 0.15) is 0 Å². The van der Waals surface area contributed by atoms with Crippen LogP contribution in [0.4, 0.5) is 16.2 Å². The van der Waals surface area contributed by atoms with E-state index in [4.69, 9.17) is 14.6 Å². The number of ether oxygens (including phenoxy) is 2. The molecule has 0 radical (unpaired) electrons. The molecule has 1 N–H and O–H groups in total. The number of amides is 1. The highest BCUT2D eigenvalue weighted by atomic mass is 16.6. The summed E-state index contributed by atoms with van der Waals surface area (Å²) in [6.07, 6.45) is -0.835. The SMILES string of the molecule is O=C1O[C@@H](CO)CN1c1cccc(N2CCOCC2)c1. The Hall–Kier alpha value is -1.79. The van der Waals surface area contributed by atoms with E-state index in [1.54, 1.807) is 4.90 Å². The number of aliphatic hydroxyl groups excluding tert-OH is 1. The van der Waals surface area contributed by atoms with Crippen molar-refractivity contribution in [2.24, 2.45) is 0 Å². The van der Waals surface area contributed by atoms with Crippen molar-refractivity contribution in [3.05, 3.63) is 24.3 Å². The zero-order valence-electron chi connectivity index (χ0n) is 11.2. The Morgan fingerprint density at radius 1 is 1.25 bits per heavy atom. The summed E-state index contributed by atoms with van der Waals surface area (Å²) in [4.78, 5) is 15.6. The molecule has 3 rings (SSSR count). The van der Waals surface area contributed by atoms with Crippen LogP contribution in [0.5, 0.6) is 0 Å². The van der Waals surface area contributed by atoms with Gasteiger partial charge >= 0.3 is 6.09 Å². The van der Waals surface area contributed by atoms with Crippen molar-refractivity contribution in [1.82, 2.24) is 0 Å². The quantitative estimate of drug-likeness (QED) is 0.887. The van der Waals surface area contributed by atoms with Crippen LogP contribution in [0.3, 0.4) is 0 Å². The van der Waals surface area contributed by atoms with E-state index in [1.807, 2.05) is 24.3 Å². The zero-order valence-corrected chi connectivity index (χ0v) is 11.2. The number of aliphatic hydroxyl groups is 1. The van der Waals surface area contributed by atoms with Crippen LogP contribution in [-0.4, -0.2) is 56.8 Å². The van der Waals surface area contributed by atoms with E-state index in [0.717, 1.165) is 37.7 Å². The molecule has 0 saturated carbocycles. The second kappa shape index (κ2) is 5.68. The lowest BCUT2D eigenvalue weighted by Gasteiger charge is -2.29. The summed E-state index contributed by atoms with van der Waals surface area (Å²) in [6.45, 7) is 3.40. The molecule has 6 nitrogen and oxygen atoms in total. The smallest absolute Gasteiger partial charge is 0.414 e. The normalized spacial score (nSPS) is 23.1. The van der Waals surface area contributed by atoms with Gasteiger partial charge in [-0.3, -0.25) is 4.90 Å². The van der Waals surface area contributed by atoms with Gasteiger partial charge < -0.3 is 19.5 Å². The van der Waals surface area contributed by atoms with Crippen LogP contribution in [0.2, 0.25) is 0 Å². The number of benzene rings is 1. The highest BCUT2D eigenvalue weighted by Crippen LogP contribution is 2.26. The van der Waals surface area contributed by atoms with Crippen molar-refractivity contribution in [2.75, 3.05) is 49.3 Å². The van der Waals surface area contributed by atoms with Gasteiger partial charge in [0.25, 0.3) is 0 Å².